The van der Waals surface area contributed by atoms with Gasteiger partial charge >= 0.3 is 0 Å². The molecule has 0 saturated carbocycles. The molecule has 2 unspecified atom stereocenters. The van der Waals surface area contributed by atoms with Crippen LogP contribution in [-0.2, 0) is 22.0 Å². The van der Waals surface area contributed by atoms with E-state index in [0.29, 0.717) is 12.5 Å². The van der Waals surface area contributed by atoms with Gasteiger partial charge in [0.1, 0.15) is 0 Å². The predicted octanol–water partition coefficient (Wildman–Crippen LogP) is 13.4. The van der Waals surface area contributed by atoms with Gasteiger partial charge in [-0.2, -0.15) is 0 Å². The van der Waals surface area contributed by atoms with Gasteiger partial charge in [0.05, 0.1) is 12.9 Å². The summed E-state index contributed by atoms with van der Waals surface area (Å²) in [6.45, 7) is 48.4. The van der Waals surface area contributed by atoms with Crippen LogP contribution in [0.25, 0.3) is 0 Å². The Kier molecular flexibility index (Phi) is 16.7. The molecule has 0 fully saturated rings. The summed E-state index contributed by atoms with van der Waals surface area (Å²) in [6.07, 6.45) is 13.8. The van der Waals surface area contributed by atoms with Crippen LogP contribution in [-0.4, -0.2) is 19.7 Å². The number of rotatable bonds is 18. The molecule has 0 aliphatic carbocycles. The van der Waals surface area contributed by atoms with Gasteiger partial charge in [-0.05, 0) is 114 Å². The maximum absolute atomic E-state index is 5.93. The van der Waals surface area contributed by atoms with Crippen molar-refractivity contribution in [3.63, 3.8) is 0 Å². The first-order chi connectivity index (χ1) is 21.9. The van der Waals surface area contributed by atoms with Gasteiger partial charge in [-0.25, -0.2) is 0 Å². The largest absolute Gasteiger partial charge is 0.501 e. The van der Waals surface area contributed by atoms with Crippen molar-refractivity contribution in [1.82, 2.24) is 5.32 Å². The average Bonchev–Trinajstić information content (AvgIpc) is 2.93. The summed E-state index contributed by atoms with van der Waals surface area (Å²) in [4.78, 5) is 0. The maximum Gasteiger partial charge on any atom is 0.0941 e. The third-order valence-corrected chi connectivity index (χ3v) is 10.4. The number of hydrogen-bond donors (Lipinski definition) is 1. The molecule has 0 amide bonds. The van der Waals surface area contributed by atoms with Gasteiger partial charge in [0, 0.05) is 12.0 Å². The van der Waals surface area contributed by atoms with Crippen molar-refractivity contribution in [1.29, 1.82) is 0 Å². The quantitative estimate of drug-likeness (QED) is 0.0731. The van der Waals surface area contributed by atoms with E-state index in [2.05, 4.69) is 154 Å². The molecule has 0 radical (unpaired) electrons. The van der Waals surface area contributed by atoms with Crippen LogP contribution in [0.3, 0.4) is 0 Å². The molecule has 2 heteroatoms. The van der Waals surface area contributed by atoms with Gasteiger partial charge in [-0.3, -0.25) is 0 Å². The van der Waals surface area contributed by atoms with E-state index >= 15 is 0 Å². The summed E-state index contributed by atoms with van der Waals surface area (Å²) in [5.41, 5.74) is 10.8. The first-order valence-corrected chi connectivity index (χ1v) is 19.1. The van der Waals surface area contributed by atoms with Crippen LogP contribution < -0.4 is 5.32 Å². The monoisotopic (exact) mass is 662 g/mol. The van der Waals surface area contributed by atoms with Crippen molar-refractivity contribution in [2.75, 3.05) is 19.7 Å². The van der Waals surface area contributed by atoms with Crippen molar-refractivity contribution < 1.29 is 4.74 Å². The van der Waals surface area contributed by atoms with Gasteiger partial charge < -0.3 is 10.1 Å². The molecule has 2 nitrogen and oxygen atoms in total. The fourth-order valence-corrected chi connectivity index (χ4v) is 7.94. The number of nitrogens with one attached hydrogen (secondary N) is 1. The third kappa shape index (κ3) is 13.7. The first kappa shape index (κ1) is 44.0. The fraction of sp³-hybridized carbons (Fsp3) is 0.696. The summed E-state index contributed by atoms with van der Waals surface area (Å²) < 4.78 is 5.93. The van der Waals surface area contributed by atoms with E-state index in [4.69, 9.17) is 4.74 Å². The summed E-state index contributed by atoms with van der Waals surface area (Å²) in [5, 5.41) is 3.87. The highest BCUT2D eigenvalue weighted by Crippen LogP contribution is 2.41. The Balaban J connectivity index is 3.10. The van der Waals surface area contributed by atoms with E-state index in [1.54, 1.807) is 6.26 Å². The molecular weight excluding hydrogens is 583 g/mol. The highest BCUT2D eigenvalue weighted by Gasteiger charge is 2.31. The van der Waals surface area contributed by atoms with Crippen LogP contribution >= 0.6 is 0 Å². The zero-order valence-electron chi connectivity index (χ0n) is 34.9. The number of allylic oxidation sites excluding steroid dienone is 5. The van der Waals surface area contributed by atoms with Gasteiger partial charge in [0.15, 0.2) is 0 Å². The topological polar surface area (TPSA) is 21.3 Å². The van der Waals surface area contributed by atoms with Gasteiger partial charge in [0.2, 0.25) is 0 Å². The van der Waals surface area contributed by atoms with Crippen LogP contribution in [0.4, 0.5) is 0 Å². The molecular formula is C46H79NO. The average molecular weight is 662 g/mol. The Morgan fingerprint density at radius 3 is 1.90 bits per heavy atom. The second kappa shape index (κ2) is 18.3. The Morgan fingerprint density at radius 1 is 0.896 bits per heavy atom. The van der Waals surface area contributed by atoms with Crippen LogP contribution in [0.5, 0.6) is 0 Å². The van der Waals surface area contributed by atoms with E-state index < -0.39 is 0 Å². The van der Waals surface area contributed by atoms with Crippen molar-refractivity contribution >= 4 is 0 Å². The molecule has 0 saturated heterocycles. The lowest BCUT2D eigenvalue weighted by Gasteiger charge is -2.35. The Morgan fingerprint density at radius 2 is 1.46 bits per heavy atom. The molecule has 2 atom stereocenters. The van der Waals surface area contributed by atoms with E-state index in [9.17, 15) is 0 Å². The smallest absolute Gasteiger partial charge is 0.0941 e. The minimum absolute atomic E-state index is 0.0458. The van der Waals surface area contributed by atoms with Gasteiger partial charge in [0.25, 0.3) is 0 Å². The highest BCUT2D eigenvalue weighted by molar-refractivity contribution is 5.45. The zero-order valence-corrected chi connectivity index (χ0v) is 34.9. The van der Waals surface area contributed by atoms with Crippen LogP contribution in [0.1, 0.15) is 165 Å². The first-order valence-electron chi connectivity index (χ1n) is 19.1. The second-order valence-electron chi connectivity index (χ2n) is 19.0. The number of hydrogen-bond acceptors (Lipinski definition) is 2. The molecule has 1 aromatic carbocycles. The molecule has 1 rings (SSSR count). The predicted molar refractivity (Wildman–Crippen MR) is 216 cm³/mol. The van der Waals surface area contributed by atoms with Gasteiger partial charge in [-0.1, -0.05) is 152 Å². The SMILES string of the molecule is C=COCC(CCC)(CCC(=C)C/C=C/C(=C(/C)C(CC)C(C)(C)C)C(C)(C)C)CNCCc1cc(C(C)(C)C)c(C)c(C(C)(C)C)c1. The molecule has 0 aromatic heterocycles. The maximum atomic E-state index is 5.93. The minimum Gasteiger partial charge on any atom is -0.501 e. The van der Waals surface area contributed by atoms with Crippen LogP contribution in [0.2, 0.25) is 0 Å². The van der Waals surface area contributed by atoms with E-state index in [0.717, 1.165) is 58.0 Å². The van der Waals surface area contributed by atoms with Crippen LogP contribution in [0.15, 0.2) is 60.4 Å². The molecule has 274 valence electrons. The molecule has 0 aliphatic rings. The summed E-state index contributed by atoms with van der Waals surface area (Å²) in [5.74, 6) is 0.568. The van der Waals surface area contributed by atoms with Crippen molar-refractivity contribution in [2.24, 2.45) is 22.2 Å². The van der Waals surface area contributed by atoms with E-state index in [-0.39, 0.29) is 27.1 Å². The molecule has 0 bridgehead atoms. The normalized spacial score (nSPS) is 15.7. The molecule has 0 heterocycles. The van der Waals surface area contributed by atoms with Gasteiger partial charge in [-0.15, -0.1) is 0 Å². The molecule has 1 aromatic rings. The zero-order chi connectivity index (χ0) is 37.1. The number of ether oxygens (including phenoxy) is 1. The Labute approximate surface area is 300 Å². The molecule has 1 N–H and O–H groups in total. The standard InChI is InChI=1S/C46H79NO/c1-19-27-46(33-48-21-3,32-47-29-26-37-30-40(44(13,14)15)36(6)41(31-37)45(16,17)18)28-25-34(4)23-22-24-39(43(10,11)12)35(5)38(20-2)42(7,8)9/h21-22,24,30-31,38,47H,3-4,19-20,23,25-29,32-33H2,1-2,5-18H3/b24-22+,39-35+. The van der Waals surface area contributed by atoms with Crippen LogP contribution in [0, 0.1) is 29.1 Å². The second-order valence-corrected chi connectivity index (χ2v) is 19.0. The van der Waals surface area contributed by atoms with E-state index in [1.807, 2.05) is 0 Å². The lowest BCUT2D eigenvalue weighted by molar-refractivity contribution is 0.0883. The summed E-state index contributed by atoms with van der Waals surface area (Å²) in [6, 6.07) is 4.91. The lowest BCUT2D eigenvalue weighted by Crippen LogP contribution is -2.39. The van der Waals surface area contributed by atoms with Crippen molar-refractivity contribution in [3.05, 3.63) is 82.7 Å². The van der Waals surface area contributed by atoms with Crippen molar-refractivity contribution in [3.8, 4) is 0 Å². The summed E-state index contributed by atoms with van der Waals surface area (Å²) in [7, 11) is 0. The third-order valence-electron chi connectivity index (χ3n) is 10.4. The van der Waals surface area contributed by atoms with Crippen molar-refractivity contribution in [2.45, 2.75) is 167 Å². The fourth-order valence-electron chi connectivity index (χ4n) is 7.94. The minimum atomic E-state index is 0.0458. The Bertz CT molecular complexity index is 1200. The Hall–Kier alpha value is -2.06. The lowest BCUT2D eigenvalue weighted by atomic mass is 9.70. The number of benzene rings is 1. The molecule has 48 heavy (non-hydrogen) atoms. The summed E-state index contributed by atoms with van der Waals surface area (Å²) >= 11 is 0. The molecule has 0 spiro atoms. The molecule has 0 aliphatic heterocycles. The van der Waals surface area contributed by atoms with E-state index in [1.165, 1.54) is 39.0 Å². The highest BCUT2D eigenvalue weighted by atomic mass is 16.5.